The number of hydrogen-bond acceptors (Lipinski definition) is 4. The second kappa shape index (κ2) is 7.64. The SMILES string of the molecule is Cn1cc(CN2Cc3ccccc3[C@@H](c3nccn3Cc3cccnc3)C2)cn1. The highest BCUT2D eigenvalue weighted by Crippen LogP contribution is 2.33. The fourth-order valence-corrected chi connectivity index (χ4v) is 4.29. The summed E-state index contributed by atoms with van der Waals surface area (Å²) in [4.78, 5) is 11.5. The van der Waals surface area contributed by atoms with E-state index in [4.69, 9.17) is 4.98 Å². The molecule has 6 nitrogen and oxygen atoms in total. The van der Waals surface area contributed by atoms with Crippen LogP contribution in [0, 0.1) is 0 Å². The molecule has 0 unspecified atom stereocenters. The van der Waals surface area contributed by atoms with E-state index >= 15 is 0 Å². The van der Waals surface area contributed by atoms with E-state index < -0.39 is 0 Å². The minimum absolute atomic E-state index is 0.239. The summed E-state index contributed by atoms with van der Waals surface area (Å²) in [5, 5.41) is 4.32. The van der Waals surface area contributed by atoms with E-state index in [1.807, 2.05) is 42.6 Å². The van der Waals surface area contributed by atoms with Crippen molar-refractivity contribution in [2.75, 3.05) is 6.54 Å². The van der Waals surface area contributed by atoms with Gasteiger partial charge in [-0.2, -0.15) is 5.10 Å². The van der Waals surface area contributed by atoms with Crippen LogP contribution in [0.3, 0.4) is 0 Å². The molecule has 3 aromatic heterocycles. The molecule has 4 aromatic rings. The zero-order chi connectivity index (χ0) is 19.6. The van der Waals surface area contributed by atoms with Crippen LogP contribution in [0.1, 0.15) is 34.0 Å². The average molecular weight is 384 g/mol. The van der Waals surface area contributed by atoms with E-state index in [2.05, 4.69) is 62.3 Å². The molecule has 0 aliphatic carbocycles. The van der Waals surface area contributed by atoms with E-state index in [0.717, 1.165) is 32.0 Å². The van der Waals surface area contributed by atoms with Crippen LogP contribution < -0.4 is 0 Å². The first-order valence-electron chi connectivity index (χ1n) is 9.94. The number of hydrogen-bond donors (Lipinski definition) is 0. The maximum Gasteiger partial charge on any atom is 0.117 e. The van der Waals surface area contributed by atoms with Gasteiger partial charge in [0.25, 0.3) is 0 Å². The third kappa shape index (κ3) is 3.71. The van der Waals surface area contributed by atoms with Gasteiger partial charge >= 0.3 is 0 Å². The molecule has 0 bridgehead atoms. The monoisotopic (exact) mass is 384 g/mol. The van der Waals surface area contributed by atoms with Crippen molar-refractivity contribution in [2.24, 2.45) is 7.05 Å². The van der Waals surface area contributed by atoms with Crippen molar-refractivity contribution in [3.05, 3.63) is 102 Å². The first kappa shape index (κ1) is 17.8. The Labute approximate surface area is 170 Å². The van der Waals surface area contributed by atoms with Crippen molar-refractivity contribution in [3.8, 4) is 0 Å². The normalized spacial score (nSPS) is 16.7. The minimum atomic E-state index is 0.239. The molecular formula is C23H24N6. The molecule has 0 saturated heterocycles. The average Bonchev–Trinajstić information content (AvgIpc) is 3.37. The predicted octanol–water partition coefficient (Wildman–Crippen LogP) is 3.21. The van der Waals surface area contributed by atoms with Crippen LogP contribution in [-0.4, -0.2) is 35.8 Å². The van der Waals surface area contributed by atoms with Crippen LogP contribution in [0.5, 0.6) is 0 Å². The summed E-state index contributed by atoms with van der Waals surface area (Å²) in [5.74, 6) is 1.35. The zero-order valence-electron chi connectivity index (χ0n) is 16.5. The number of benzene rings is 1. The maximum absolute atomic E-state index is 4.78. The number of fused-ring (bicyclic) bond motifs is 1. The van der Waals surface area contributed by atoms with E-state index in [-0.39, 0.29) is 5.92 Å². The topological polar surface area (TPSA) is 51.8 Å². The molecule has 0 fully saturated rings. The first-order valence-corrected chi connectivity index (χ1v) is 9.94. The van der Waals surface area contributed by atoms with Gasteiger partial charge in [0.1, 0.15) is 5.82 Å². The van der Waals surface area contributed by atoms with Gasteiger partial charge in [0, 0.05) is 63.2 Å². The second-order valence-electron chi connectivity index (χ2n) is 7.72. The number of rotatable bonds is 5. The molecule has 146 valence electrons. The summed E-state index contributed by atoms with van der Waals surface area (Å²) >= 11 is 0. The molecule has 1 aliphatic rings. The van der Waals surface area contributed by atoms with Crippen LogP contribution in [0.4, 0.5) is 0 Å². The second-order valence-corrected chi connectivity index (χ2v) is 7.72. The Hall–Kier alpha value is -3.25. The third-order valence-electron chi connectivity index (χ3n) is 5.56. The molecule has 1 atom stereocenters. The fraction of sp³-hybridized carbons (Fsp3) is 0.261. The lowest BCUT2D eigenvalue weighted by molar-refractivity contribution is 0.228. The first-order chi connectivity index (χ1) is 14.3. The molecule has 4 heterocycles. The fourth-order valence-electron chi connectivity index (χ4n) is 4.29. The summed E-state index contributed by atoms with van der Waals surface area (Å²) in [6, 6.07) is 12.9. The quantitative estimate of drug-likeness (QED) is 0.530. The summed E-state index contributed by atoms with van der Waals surface area (Å²) < 4.78 is 4.12. The van der Waals surface area contributed by atoms with Crippen molar-refractivity contribution < 1.29 is 0 Å². The van der Waals surface area contributed by atoms with Crippen LogP contribution in [0.2, 0.25) is 0 Å². The highest BCUT2D eigenvalue weighted by Gasteiger charge is 2.29. The number of pyridine rings is 1. The number of aryl methyl sites for hydroxylation is 1. The summed E-state index contributed by atoms with van der Waals surface area (Å²) in [6.45, 7) is 3.56. The summed E-state index contributed by atoms with van der Waals surface area (Å²) in [7, 11) is 1.97. The van der Waals surface area contributed by atoms with Gasteiger partial charge < -0.3 is 4.57 Å². The Bertz CT molecular complexity index is 1100. The highest BCUT2D eigenvalue weighted by atomic mass is 15.2. The van der Waals surface area contributed by atoms with Crippen LogP contribution in [0.25, 0.3) is 0 Å². The Balaban J connectivity index is 1.46. The lowest BCUT2D eigenvalue weighted by Crippen LogP contribution is -2.34. The van der Waals surface area contributed by atoms with Gasteiger partial charge in [-0.25, -0.2) is 4.98 Å². The Morgan fingerprint density at radius 2 is 1.93 bits per heavy atom. The van der Waals surface area contributed by atoms with Crippen LogP contribution in [-0.2, 0) is 26.7 Å². The Morgan fingerprint density at radius 1 is 1.00 bits per heavy atom. The molecule has 0 N–H and O–H groups in total. The van der Waals surface area contributed by atoms with Gasteiger partial charge in [-0.1, -0.05) is 30.3 Å². The van der Waals surface area contributed by atoms with Crippen molar-refractivity contribution in [1.82, 2.24) is 29.2 Å². The molecule has 1 aromatic carbocycles. The van der Waals surface area contributed by atoms with E-state index in [1.54, 1.807) is 0 Å². The van der Waals surface area contributed by atoms with Crippen molar-refractivity contribution in [1.29, 1.82) is 0 Å². The lowest BCUT2D eigenvalue weighted by Gasteiger charge is -2.34. The molecule has 29 heavy (non-hydrogen) atoms. The van der Waals surface area contributed by atoms with Gasteiger partial charge in [-0.3, -0.25) is 14.6 Å². The minimum Gasteiger partial charge on any atom is -0.330 e. The molecule has 0 saturated carbocycles. The smallest absolute Gasteiger partial charge is 0.117 e. The highest BCUT2D eigenvalue weighted by molar-refractivity contribution is 5.37. The molecule has 0 radical (unpaired) electrons. The maximum atomic E-state index is 4.78. The van der Waals surface area contributed by atoms with E-state index in [1.165, 1.54) is 22.3 Å². The Morgan fingerprint density at radius 3 is 2.76 bits per heavy atom. The van der Waals surface area contributed by atoms with Crippen molar-refractivity contribution in [2.45, 2.75) is 25.6 Å². The van der Waals surface area contributed by atoms with Crippen LogP contribution in [0.15, 0.2) is 73.6 Å². The molecule has 5 rings (SSSR count). The number of nitrogens with zero attached hydrogens (tertiary/aromatic N) is 6. The lowest BCUT2D eigenvalue weighted by atomic mass is 9.88. The molecular weight excluding hydrogens is 360 g/mol. The van der Waals surface area contributed by atoms with E-state index in [0.29, 0.717) is 0 Å². The molecule has 1 aliphatic heterocycles. The van der Waals surface area contributed by atoms with Crippen molar-refractivity contribution >= 4 is 0 Å². The molecule has 0 amide bonds. The van der Waals surface area contributed by atoms with Gasteiger partial charge in [0.2, 0.25) is 0 Å². The van der Waals surface area contributed by atoms with Crippen LogP contribution >= 0.6 is 0 Å². The van der Waals surface area contributed by atoms with E-state index in [9.17, 15) is 0 Å². The van der Waals surface area contributed by atoms with Gasteiger partial charge in [0.15, 0.2) is 0 Å². The van der Waals surface area contributed by atoms with Gasteiger partial charge in [0.05, 0.1) is 18.7 Å². The van der Waals surface area contributed by atoms with Gasteiger partial charge in [-0.15, -0.1) is 0 Å². The molecule has 0 spiro atoms. The largest absolute Gasteiger partial charge is 0.330 e. The standard InChI is InChI=1S/C23H24N6/c1-27-13-19(12-26-27)14-28-16-20-6-2-3-7-21(20)22(17-28)23-25-9-10-29(23)15-18-5-4-8-24-11-18/h2-13,22H,14-17H2,1H3/t22-/m0/s1. The Kier molecular flexibility index (Phi) is 4.69. The zero-order valence-corrected chi connectivity index (χ0v) is 16.5. The molecule has 6 heteroatoms. The van der Waals surface area contributed by atoms with Gasteiger partial charge in [-0.05, 0) is 22.8 Å². The van der Waals surface area contributed by atoms with Crippen molar-refractivity contribution in [3.63, 3.8) is 0 Å². The predicted molar refractivity (Wildman–Crippen MR) is 111 cm³/mol. The number of imidazole rings is 1. The summed E-state index contributed by atoms with van der Waals surface area (Å²) in [6.07, 6.45) is 11.8. The third-order valence-corrected chi connectivity index (χ3v) is 5.56. The summed E-state index contributed by atoms with van der Waals surface area (Å²) in [5.41, 5.74) is 5.18. The number of aromatic nitrogens is 5.